The largest absolute Gasteiger partial charge is 0.492 e. The van der Waals surface area contributed by atoms with Crippen LogP contribution < -0.4 is 10.1 Å². The number of fused-ring (bicyclic) bond motifs is 1. The van der Waals surface area contributed by atoms with E-state index in [4.69, 9.17) is 4.74 Å². The number of ketones is 1. The molecule has 0 amide bonds. The van der Waals surface area contributed by atoms with Crippen LogP contribution in [0.25, 0.3) is 0 Å². The lowest BCUT2D eigenvalue weighted by Crippen LogP contribution is -2.31. The van der Waals surface area contributed by atoms with Crippen LogP contribution >= 0.6 is 0 Å². The van der Waals surface area contributed by atoms with E-state index >= 15 is 0 Å². The second kappa shape index (κ2) is 7.91. The lowest BCUT2D eigenvalue weighted by Gasteiger charge is -2.24. The maximum Gasteiger partial charge on any atom is 0.173 e. The molecule has 126 valence electrons. The summed E-state index contributed by atoms with van der Waals surface area (Å²) in [5.74, 6) is 0.863. The second-order valence-corrected chi connectivity index (χ2v) is 6.84. The molecule has 0 spiro atoms. The average Bonchev–Trinajstić information content (AvgIpc) is 2.58. The van der Waals surface area contributed by atoms with Gasteiger partial charge < -0.3 is 10.1 Å². The van der Waals surface area contributed by atoms with Crippen LogP contribution in [0.5, 0.6) is 5.75 Å². The Morgan fingerprint density at radius 3 is 2.74 bits per heavy atom. The van der Waals surface area contributed by atoms with Crippen LogP contribution in [0.15, 0.2) is 18.2 Å². The van der Waals surface area contributed by atoms with E-state index in [0.717, 1.165) is 25.4 Å². The maximum atomic E-state index is 13.3. The van der Waals surface area contributed by atoms with Gasteiger partial charge in [0.05, 0.1) is 18.1 Å². The standard InChI is InChI=1S/C19H26FNO2/c20-16-6-7-18-17(12-16)19(22)15(13-23-18)9-11-21-10-8-14-4-2-1-3-5-14/h6-7,12,14-15,21H,1-5,8-11,13H2. The van der Waals surface area contributed by atoms with Crippen LogP contribution in [0.1, 0.15) is 55.3 Å². The van der Waals surface area contributed by atoms with Crippen molar-refractivity contribution < 1.29 is 13.9 Å². The number of hydrogen-bond donors (Lipinski definition) is 1. The Balaban J connectivity index is 1.40. The zero-order chi connectivity index (χ0) is 16.1. The van der Waals surface area contributed by atoms with E-state index < -0.39 is 0 Å². The van der Waals surface area contributed by atoms with E-state index in [1.165, 1.54) is 50.7 Å². The third-order valence-corrected chi connectivity index (χ3v) is 5.14. The number of benzene rings is 1. The highest BCUT2D eigenvalue weighted by Gasteiger charge is 2.28. The van der Waals surface area contributed by atoms with Crippen molar-refractivity contribution in [2.45, 2.75) is 44.9 Å². The molecule has 1 aromatic carbocycles. The van der Waals surface area contributed by atoms with Gasteiger partial charge >= 0.3 is 0 Å². The number of rotatable bonds is 6. The van der Waals surface area contributed by atoms with Gasteiger partial charge in [0.1, 0.15) is 11.6 Å². The molecule has 0 saturated heterocycles. The first kappa shape index (κ1) is 16.4. The highest BCUT2D eigenvalue weighted by molar-refractivity contribution is 6.01. The first-order valence-electron chi connectivity index (χ1n) is 8.91. The average molecular weight is 319 g/mol. The Morgan fingerprint density at radius 1 is 1.13 bits per heavy atom. The Kier molecular flexibility index (Phi) is 5.65. The number of carbonyl (C=O) groups excluding carboxylic acids is 1. The summed E-state index contributed by atoms with van der Waals surface area (Å²) in [7, 11) is 0. The lowest BCUT2D eigenvalue weighted by molar-refractivity contribution is 0.0819. The van der Waals surface area contributed by atoms with Crippen molar-refractivity contribution in [2.24, 2.45) is 11.8 Å². The van der Waals surface area contributed by atoms with E-state index in [2.05, 4.69) is 5.32 Å². The molecule has 3 nitrogen and oxygen atoms in total. The van der Waals surface area contributed by atoms with Gasteiger partial charge in [0.2, 0.25) is 0 Å². The number of halogens is 1. The van der Waals surface area contributed by atoms with Gasteiger partial charge in [0.25, 0.3) is 0 Å². The van der Waals surface area contributed by atoms with E-state index in [1.807, 2.05) is 0 Å². The minimum atomic E-state index is -0.382. The molecule has 1 aliphatic heterocycles. The third kappa shape index (κ3) is 4.31. The first-order valence-corrected chi connectivity index (χ1v) is 8.91. The Bertz CT molecular complexity index is 540. The van der Waals surface area contributed by atoms with Crippen LogP contribution in [0, 0.1) is 17.7 Å². The molecule has 1 fully saturated rings. The molecule has 1 aromatic rings. The highest BCUT2D eigenvalue weighted by atomic mass is 19.1. The minimum Gasteiger partial charge on any atom is -0.492 e. The van der Waals surface area contributed by atoms with Crippen molar-refractivity contribution in [1.82, 2.24) is 5.32 Å². The topological polar surface area (TPSA) is 38.3 Å². The molecule has 1 heterocycles. The van der Waals surface area contributed by atoms with Crippen molar-refractivity contribution in [3.05, 3.63) is 29.6 Å². The summed E-state index contributed by atoms with van der Waals surface area (Å²) in [4.78, 5) is 12.4. The smallest absolute Gasteiger partial charge is 0.173 e. The summed E-state index contributed by atoms with van der Waals surface area (Å²) >= 11 is 0. The molecular weight excluding hydrogens is 293 g/mol. The van der Waals surface area contributed by atoms with E-state index in [-0.39, 0.29) is 17.5 Å². The third-order valence-electron chi connectivity index (χ3n) is 5.14. The molecule has 0 aromatic heterocycles. The fourth-order valence-electron chi connectivity index (χ4n) is 3.70. The maximum absolute atomic E-state index is 13.3. The molecule has 1 saturated carbocycles. The number of Topliss-reactive ketones (excluding diaryl/α,β-unsaturated/α-hetero) is 1. The van der Waals surface area contributed by atoms with Gasteiger partial charge in [-0.1, -0.05) is 32.1 Å². The van der Waals surface area contributed by atoms with Gasteiger partial charge in [-0.15, -0.1) is 0 Å². The van der Waals surface area contributed by atoms with E-state index in [0.29, 0.717) is 17.9 Å². The predicted molar refractivity (Wildman–Crippen MR) is 88.4 cm³/mol. The van der Waals surface area contributed by atoms with Gasteiger partial charge in [-0.25, -0.2) is 4.39 Å². The van der Waals surface area contributed by atoms with Crippen molar-refractivity contribution in [3.8, 4) is 5.75 Å². The van der Waals surface area contributed by atoms with Gasteiger partial charge in [0.15, 0.2) is 5.78 Å². The number of hydrogen-bond acceptors (Lipinski definition) is 3. The van der Waals surface area contributed by atoms with E-state index in [9.17, 15) is 9.18 Å². The molecule has 1 unspecified atom stereocenters. The zero-order valence-electron chi connectivity index (χ0n) is 13.7. The molecular formula is C19H26FNO2. The zero-order valence-corrected chi connectivity index (χ0v) is 13.7. The molecule has 1 N–H and O–H groups in total. The van der Waals surface area contributed by atoms with Gasteiger partial charge in [-0.3, -0.25) is 4.79 Å². The molecule has 1 aliphatic carbocycles. The quantitative estimate of drug-likeness (QED) is 0.806. The number of carbonyl (C=O) groups is 1. The van der Waals surface area contributed by atoms with Gasteiger partial charge in [-0.05, 0) is 50.0 Å². The summed E-state index contributed by atoms with van der Waals surface area (Å²) in [6, 6.07) is 4.17. The number of nitrogens with one attached hydrogen (secondary N) is 1. The summed E-state index contributed by atoms with van der Waals surface area (Å²) in [5, 5.41) is 3.45. The molecule has 2 aliphatic rings. The van der Waals surface area contributed by atoms with Crippen LogP contribution in [-0.4, -0.2) is 25.5 Å². The number of ether oxygens (including phenoxy) is 1. The van der Waals surface area contributed by atoms with Crippen LogP contribution in [-0.2, 0) is 0 Å². The first-order chi connectivity index (χ1) is 11.2. The Hall–Kier alpha value is -1.42. The highest BCUT2D eigenvalue weighted by Crippen LogP contribution is 2.29. The summed E-state index contributed by atoms with van der Waals surface area (Å²) in [5.41, 5.74) is 0.392. The Labute approximate surface area is 137 Å². The van der Waals surface area contributed by atoms with Crippen molar-refractivity contribution >= 4 is 5.78 Å². The van der Waals surface area contributed by atoms with Gasteiger partial charge in [0, 0.05) is 0 Å². The van der Waals surface area contributed by atoms with Crippen molar-refractivity contribution in [1.29, 1.82) is 0 Å². The van der Waals surface area contributed by atoms with Crippen molar-refractivity contribution in [3.63, 3.8) is 0 Å². The van der Waals surface area contributed by atoms with Crippen LogP contribution in [0.4, 0.5) is 4.39 Å². The molecule has 1 atom stereocenters. The van der Waals surface area contributed by atoms with Gasteiger partial charge in [-0.2, -0.15) is 0 Å². The molecule has 4 heteroatoms. The SMILES string of the molecule is O=C1c2cc(F)ccc2OCC1CCNCCC1CCCCC1. The Morgan fingerprint density at radius 2 is 1.91 bits per heavy atom. The normalized spacial score (nSPS) is 21.8. The molecule has 0 bridgehead atoms. The van der Waals surface area contributed by atoms with Crippen molar-refractivity contribution in [2.75, 3.05) is 19.7 Å². The lowest BCUT2D eigenvalue weighted by atomic mass is 9.87. The van der Waals surface area contributed by atoms with Crippen LogP contribution in [0.2, 0.25) is 0 Å². The monoisotopic (exact) mass is 319 g/mol. The predicted octanol–water partition coefficient (Wildman–Crippen LogP) is 3.97. The molecule has 23 heavy (non-hydrogen) atoms. The summed E-state index contributed by atoms with van der Waals surface area (Å²) in [6.07, 6.45) is 8.90. The molecule has 0 radical (unpaired) electrons. The fraction of sp³-hybridized carbons (Fsp3) is 0.632. The minimum absolute atomic E-state index is 0.0137. The summed E-state index contributed by atoms with van der Waals surface area (Å²) in [6.45, 7) is 2.25. The van der Waals surface area contributed by atoms with Crippen LogP contribution in [0.3, 0.4) is 0 Å². The fourth-order valence-corrected chi connectivity index (χ4v) is 3.70. The summed E-state index contributed by atoms with van der Waals surface area (Å²) < 4.78 is 18.9. The van der Waals surface area contributed by atoms with E-state index in [1.54, 1.807) is 6.07 Å². The molecule has 3 rings (SSSR count). The second-order valence-electron chi connectivity index (χ2n) is 6.84.